The van der Waals surface area contributed by atoms with Gasteiger partial charge in [0.15, 0.2) is 5.96 Å². The van der Waals surface area contributed by atoms with Crippen molar-refractivity contribution in [1.82, 2.24) is 20.2 Å². The molecule has 1 aliphatic rings. The molecule has 7 heteroatoms. The molecule has 1 aromatic heterocycles. The van der Waals surface area contributed by atoms with E-state index >= 15 is 0 Å². The average molecular weight is 368 g/mol. The van der Waals surface area contributed by atoms with Gasteiger partial charge in [0, 0.05) is 45.1 Å². The number of aromatic nitrogens is 2. The molecule has 2 heterocycles. The first kappa shape index (κ1) is 18.9. The van der Waals surface area contributed by atoms with Crippen LogP contribution < -0.4 is 15.0 Å². The van der Waals surface area contributed by atoms with Crippen molar-refractivity contribution in [2.24, 2.45) is 4.99 Å². The van der Waals surface area contributed by atoms with Crippen LogP contribution in [-0.4, -0.2) is 60.7 Å². The zero-order valence-corrected chi connectivity index (χ0v) is 16.4. The van der Waals surface area contributed by atoms with Gasteiger partial charge in [0.25, 0.3) is 0 Å². The van der Waals surface area contributed by atoms with E-state index in [1.807, 2.05) is 18.2 Å². The van der Waals surface area contributed by atoms with E-state index in [2.05, 4.69) is 45.0 Å². The van der Waals surface area contributed by atoms with Crippen LogP contribution in [0.2, 0.25) is 0 Å². The molecule has 3 rings (SSSR count). The molecule has 1 N–H and O–H groups in total. The Kier molecular flexibility index (Phi) is 6.46. The van der Waals surface area contributed by atoms with Crippen LogP contribution in [0.25, 0.3) is 0 Å². The van der Waals surface area contributed by atoms with Crippen LogP contribution in [-0.2, 0) is 6.54 Å². The maximum atomic E-state index is 5.37. The summed E-state index contributed by atoms with van der Waals surface area (Å²) in [5.41, 5.74) is 2.33. The maximum Gasteiger partial charge on any atom is 0.225 e. The molecule has 7 nitrogen and oxygen atoms in total. The van der Waals surface area contributed by atoms with Gasteiger partial charge in [-0.3, -0.25) is 0 Å². The number of nitrogens with one attached hydrogen (secondary N) is 1. The van der Waals surface area contributed by atoms with Crippen molar-refractivity contribution in [3.05, 3.63) is 47.8 Å². The third-order valence-electron chi connectivity index (χ3n) is 4.51. The fourth-order valence-corrected chi connectivity index (χ4v) is 3.20. The van der Waals surface area contributed by atoms with E-state index in [1.165, 1.54) is 5.56 Å². The van der Waals surface area contributed by atoms with Crippen molar-refractivity contribution in [2.45, 2.75) is 20.4 Å². The van der Waals surface area contributed by atoms with Crippen LogP contribution in [0.15, 0.2) is 41.7 Å². The van der Waals surface area contributed by atoms with Crippen molar-refractivity contribution >= 4 is 11.9 Å². The standard InChI is InChI=1S/C20H28N6O/c1-4-21-19(24-15-17-12-16(2)13-18(14-17)27-3)25-8-10-26(11-9-25)20-22-6-5-7-23-20/h5-7,12-14H,4,8-11,15H2,1-3H3,(H,21,24). The number of nitrogens with zero attached hydrogens (tertiary/aromatic N) is 5. The lowest BCUT2D eigenvalue weighted by atomic mass is 10.1. The number of hydrogen-bond donors (Lipinski definition) is 1. The van der Waals surface area contributed by atoms with Crippen molar-refractivity contribution in [3.63, 3.8) is 0 Å². The molecule has 0 radical (unpaired) electrons. The van der Waals surface area contributed by atoms with E-state index in [-0.39, 0.29) is 0 Å². The molecule has 27 heavy (non-hydrogen) atoms. The number of benzene rings is 1. The largest absolute Gasteiger partial charge is 0.497 e. The van der Waals surface area contributed by atoms with Crippen molar-refractivity contribution in [3.8, 4) is 5.75 Å². The topological polar surface area (TPSA) is 65.9 Å². The number of aryl methyl sites for hydroxylation is 1. The van der Waals surface area contributed by atoms with Gasteiger partial charge in [-0.1, -0.05) is 6.07 Å². The van der Waals surface area contributed by atoms with Crippen LogP contribution in [0.3, 0.4) is 0 Å². The van der Waals surface area contributed by atoms with Crippen LogP contribution in [0.1, 0.15) is 18.1 Å². The number of rotatable bonds is 5. The zero-order chi connectivity index (χ0) is 19.1. The molecule has 1 fully saturated rings. The predicted octanol–water partition coefficient (Wildman–Crippen LogP) is 2.08. The molecule has 0 saturated carbocycles. The highest BCUT2D eigenvalue weighted by atomic mass is 16.5. The minimum Gasteiger partial charge on any atom is -0.497 e. The molecule has 1 aromatic carbocycles. The normalized spacial score (nSPS) is 15.0. The molecule has 0 atom stereocenters. The Bertz CT molecular complexity index is 756. The lowest BCUT2D eigenvalue weighted by Crippen LogP contribution is -2.52. The van der Waals surface area contributed by atoms with E-state index in [0.717, 1.165) is 55.9 Å². The molecule has 144 valence electrons. The Hall–Kier alpha value is -2.83. The smallest absolute Gasteiger partial charge is 0.225 e. The van der Waals surface area contributed by atoms with Gasteiger partial charge < -0.3 is 19.9 Å². The molecule has 0 aliphatic carbocycles. The van der Waals surface area contributed by atoms with Crippen LogP contribution in [0, 0.1) is 6.92 Å². The van der Waals surface area contributed by atoms with Crippen LogP contribution in [0.4, 0.5) is 5.95 Å². The SMILES string of the molecule is CCNC(=NCc1cc(C)cc(OC)c1)N1CCN(c2ncccn2)CC1. The fourth-order valence-electron chi connectivity index (χ4n) is 3.20. The Balaban J connectivity index is 1.65. The zero-order valence-electron chi connectivity index (χ0n) is 16.4. The van der Waals surface area contributed by atoms with Gasteiger partial charge in [-0.15, -0.1) is 0 Å². The number of ether oxygens (including phenoxy) is 1. The molecule has 2 aromatic rings. The van der Waals surface area contributed by atoms with Gasteiger partial charge in [0.05, 0.1) is 13.7 Å². The number of guanidine groups is 1. The first-order chi connectivity index (χ1) is 13.2. The molecule has 1 aliphatic heterocycles. The Labute approximate surface area is 161 Å². The summed E-state index contributed by atoms with van der Waals surface area (Å²) in [7, 11) is 1.70. The quantitative estimate of drug-likeness (QED) is 0.644. The van der Waals surface area contributed by atoms with E-state index in [1.54, 1.807) is 19.5 Å². The minimum atomic E-state index is 0.627. The average Bonchev–Trinajstić information content (AvgIpc) is 2.71. The molecule has 1 saturated heterocycles. The minimum absolute atomic E-state index is 0.627. The van der Waals surface area contributed by atoms with Crippen molar-refractivity contribution in [1.29, 1.82) is 0 Å². The summed E-state index contributed by atoms with van der Waals surface area (Å²) in [6.45, 7) is 9.19. The van der Waals surface area contributed by atoms with Crippen LogP contribution in [0.5, 0.6) is 5.75 Å². The number of piperazine rings is 1. The summed E-state index contributed by atoms with van der Waals surface area (Å²) >= 11 is 0. The third-order valence-corrected chi connectivity index (χ3v) is 4.51. The van der Waals surface area contributed by atoms with E-state index in [4.69, 9.17) is 9.73 Å². The number of methoxy groups -OCH3 is 1. The summed E-state index contributed by atoms with van der Waals surface area (Å²) in [5, 5.41) is 3.42. The summed E-state index contributed by atoms with van der Waals surface area (Å²) < 4.78 is 5.37. The predicted molar refractivity (Wildman–Crippen MR) is 108 cm³/mol. The second kappa shape index (κ2) is 9.21. The van der Waals surface area contributed by atoms with Gasteiger partial charge in [0.2, 0.25) is 5.95 Å². The van der Waals surface area contributed by atoms with Gasteiger partial charge in [-0.25, -0.2) is 15.0 Å². The number of aliphatic imine (C=N–C) groups is 1. The summed E-state index contributed by atoms with van der Waals surface area (Å²) in [6, 6.07) is 8.07. The highest BCUT2D eigenvalue weighted by Crippen LogP contribution is 2.17. The first-order valence-corrected chi connectivity index (χ1v) is 9.39. The van der Waals surface area contributed by atoms with Gasteiger partial charge in [-0.2, -0.15) is 0 Å². The lowest BCUT2D eigenvalue weighted by molar-refractivity contribution is 0.370. The third kappa shape index (κ3) is 5.09. The maximum absolute atomic E-state index is 5.37. The number of hydrogen-bond acceptors (Lipinski definition) is 5. The fraction of sp³-hybridized carbons (Fsp3) is 0.450. The molecule has 0 bridgehead atoms. The second-order valence-electron chi connectivity index (χ2n) is 6.55. The van der Waals surface area contributed by atoms with Crippen molar-refractivity contribution in [2.75, 3.05) is 44.7 Å². The first-order valence-electron chi connectivity index (χ1n) is 9.39. The molecule has 0 spiro atoms. The summed E-state index contributed by atoms with van der Waals surface area (Å²) in [5.74, 6) is 2.62. The van der Waals surface area contributed by atoms with Crippen LogP contribution >= 0.6 is 0 Å². The Morgan fingerprint density at radius 2 is 1.89 bits per heavy atom. The summed E-state index contributed by atoms with van der Waals surface area (Å²) in [4.78, 5) is 18.1. The van der Waals surface area contributed by atoms with Gasteiger partial charge >= 0.3 is 0 Å². The highest BCUT2D eigenvalue weighted by Gasteiger charge is 2.21. The Morgan fingerprint density at radius 1 is 1.15 bits per heavy atom. The molecular formula is C20H28N6O. The van der Waals surface area contributed by atoms with E-state index in [0.29, 0.717) is 6.54 Å². The molecular weight excluding hydrogens is 340 g/mol. The van der Waals surface area contributed by atoms with Gasteiger partial charge in [0.1, 0.15) is 5.75 Å². The summed E-state index contributed by atoms with van der Waals surface area (Å²) in [6.07, 6.45) is 3.58. The van der Waals surface area contributed by atoms with Gasteiger partial charge in [-0.05, 0) is 43.2 Å². The second-order valence-corrected chi connectivity index (χ2v) is 6.55. The molecule has 0 amide bonds. The molecule has 0 unspecified atom stereocenters. The lowest BCUT2D eigenvalue weighted by Gasteiger charge is -2.36. The highest BCUT2D eigenvalue weighted by molar-refractivity contribution is 5.80. The van der Waals surface area contributed by atoms with E-state index < -0.39 is 0 Å². The monoisotopic (exact) mass is 368 g/mol. The number of anilines is 1. The van der Waals surface area contributed by atoms with E-state index in [9.17, 15) is 0 Å². The Morgan fingerprint density at radius 3 is 2.56 bits per heavy atom. The van der Waals surface area contributed by atoms with Crippen molar-refractivity contribution < 1.29 is 4.74 Å².